The summed E-state index contributed by atoms with van der Waals surface area (Å²) >= 11 is 1.58. The molecule has 1 saturated heterocycles. The van der Waals surface area contributed by atoms with E-state index >= 15 is 0 Å². The second-order valence-electron chi connectivity index (χ2n) is 9.19. The van der Waals surface area contributed by atoms with Crippen LogP contribution in [0.5, 0.6) is 11.5 Å². The second kappa shape index (κ2) is 11.6. The molecule has 1 aromatic heterocycles. The quantitative estimate of drug-likeness (QED) is 0.343. The lowest BCUT2D eigenvalue weighted by atomic mass is 10.1. The van der Waals surface area contributed by atoms with Gasteiger partial charge in [0.25, 0.3) is 0 Å². The number of methoxy groups -OCH3 is 2. The number of benzene rings is 3. The number of hydrogen-bond donors (Lipinski definition) is 1. The Kier molecular flexibility index (Phi) is 7.87. The van der Waals surface area contributed by atoms with E-state index in [2.05, 4.69) is 51.5 Å². The summed E-state index contributed by atoms with van der Waals surface area (Å²) in [4.78, 5) is 17.5. The maximum Gasteiger partial charge on any atom is 0.228 e. The highest BCUT2D eigenvalue weighted by atomic mass is 32.1. The topological polar surface area (TPSA) is 66.9 Å². The van der Waals surface area contributed by atoms with Crippen LogP contribution in [0.2, 0.25) is 0 Å². The van der Waals surface area contributed by atoms with E-state index in [9.17, 15) is 4.79 Å². The Morgan fingerprint density at radius 1 is 0.919 bits per heavy atom. The van der Waals surface area contributed by atoms with E-state index in [0.29, 0.717) is 11.5 Å². The van der Waals surface area contributed by atoms with E-state index in [0.717, 1.165) is 56.2 Å². The summed E-state index contributed by atoms with van der Waals surface area (Å²) in [7, 11) is 3.19. The van der Waals surface area contributed by atoms with E-state index in [1.807, 2.05) is 30.3 Å². The third-order valence-electron chi connectivity index (χ3n) is 6.80. The Bertz CT molecular complexity index is 1350. The number of aromatic nitrogens is 1. The SMILES string of the molecule is COc1ccc(CC(=O)Nc2ccc(CCN3CCN(c4nsc5ccccc45)CC3)cc2)cc1OC. The summed E-state index contributed by atoms with van der Waals surface area (Å²) in [6.45, 7) is 5.10. The van der Waals surface area contributed by atoms with Crippen molar-refractivity contribution in [1.82, 2.24) is 9.27 Å². The van der Waals surface area contributed by atoms with E-state index in [4.69, 9.17) is 13.8 Å². The van der Waals surface area contributed by atoms with Gasteiger partial charge in [-0.2, -0.15) is 4.37 Å². The van der Waals surface area contributed by atoms with Crippen LogP contribution in [-0.4, -0.2) is 62.1 Å². The summed E-state index contributed by atoms with van der Waals surface area (Å²) in [6, 6.07) is 22.2. The molecule has 0 aliphatic carbocycles. The van der Waals surface area contributed by atoms with Crippen molar-refractivity contribution in [2.45, 2.75) is 12.8 Å². The number of piperazine rings is 1. The highest BCUT2D eigenvalue weighted by Gasteiger charge is 2.20. The first-order chi connectivity index (χ1) is 18.1. The monoisotopic (exact) mass is 516 g/mol. The summed E-state index contributed by atoms with van der Waals surface area (Å²) in [5.41, 5.74) is 2.94. The molecule has 0 radical (unpaired) electrons. The van der Waals surface area contributed by atoms with E-state index in [-0.39, 0.29) is 12.3 Å². The average molecular weight is 517 g/mol. The van der Waals surface area contributed by atoms with E-state index in [1.165, 1.54) is 15.6 Å². The van der Waals surface area contributed by atoms with Crippen LogP contribution in [0.25, 0.3) is 10.1 Å². The van der Waals surface area contributed by atoms with Crippen molar-refractivity contribution in [2.24, 2.45) is 0 Å². The molecule has 1 fully saturated rings. The molecule has 37 heavy (non-hydrogen) atoms. The van der Waals surface area contributed by atoms with Crippen LogP contribution in [-0.2, 0) is 17.6 Å². The molecule has 3 aromatic carbocycles. The smallest absolute Gasteiger partial charge is 0.228 e. The van der Waals surface area contributed by atoms with Crippen molar-refractivity contribution < 1.29 is 14.3 Å². The zero-order chi connectivity index (χ0) is 25.6. The molecule has 1 N–H and O–H groups in total. The summed E-state index contributed by atoms with van der Waals surface area (Å²) < 4.78 is 16.6. The highest BCUT2D eigenvalue weighted by molar-refractivity contribution is 7.13. The number of hydrogen-bond acceptors (Lipinski definition) is 7. The van der Waals surface area contributed by atoms with Gasteiger partial charge in [-0.3, -0.25) is 9.69 Å². The number of rotatable bonds is 9. The van der Waals surface area contributed by atoms with Crippen molar-refractivity contribution in [1.29, 1.82) is 0 Å². The molecule has 5 rings (SSSR count). The predicted molar refractivity (Wildman–Crippen MR) is 150 cm³/mol. The number of ether oxygens (including phenoxy) is 2. The van der Waals surface area contributed by atoms with Gasteiger partial charge in [0.1, 0.15) is 5.82 Å². The van der Waals surface area contributed by atoms with Crippen molar-refractivity contribution in [2.75, 3.05) is 57.2 Å². The lowest BCUT2D eigenvalue weighted by molar-refractivity contribution is -0.115. The van der Waals surface area contributed by atoms with E-state index < -0.39 is 0 Å². The minimum absolute atomic E-state index is 0.0641. The molecule has 0 saturated carbocycles. The fraction of sp³-hybridized carbons (Fsp3) is 0.310. The standard InChI is InChI=1S/C29H32N4O3S/c1-35-25-12-9-22(19-26(25)36-2)20-28(34)30-23-10-7-21(8-11-23)13-14-32-15-17-33(18-16-32)29-24-5-3-4-6-27(24)37-31-29/h3-12,19H,13-18,20H2,1-2H3,(H,30,34). The molecule has 2 heterocycles. The minimum Gasteiger partial charge on any atom is -0.493 e. The summed E-state index contributed by atoms with van der Waals surface area (Å²) in [5.74, 6) is 2.34. The third-order valence-corrected chi connectivity index (χ3v) is 7.61. The van der Waals surface area contributed by atoms with Crippen LogP contribution in [0.1, 0.15) is 11.1 Å². The molecule has 8 heteroatoms. The fourth-order valence-electron chi connectivity index (χ4n) is 4.71. The molecular formula is C29H32N4O3S. The zero-order valence-corrected chi connectivity index (χ0v) is 22.1. The number of nitrogens with one attached hydrogen (secondary N) is 1. The molecule has 4 aromatic rings. The van der Waals surface area contributed by atoms with Gasteiger partial charge in [-0.1, -0.05) is 30.3 Å². The van der Waals surface area contributed by atoms with Gasteiger partial charge in [-0.15, -0.1) is 0 Å². The first kappa shape index (κ1) is 25.0. The largest absolute Gasteiger partial charge is 0.493 e. The molecule has 0 atom stereocenters. The third kappa shape index (κ3) is 6.03. The van der Waals surface area contributed by atoms with Gasteiger partial charge in [-0.25, -0.2) is 0 Å². The van der Waals surface area contributed by atoms with E-state index in [1.54, 1.807) is 25.8 Å². The van der Waals surface area contributed by atoms with Crippen LogP contribution in [0.3, 0.4) is 0 Å². The molecule has 192 valence electrons. The van der Waals surface area contributed by atoms with Crippen molar-refractivity contribution >= 4 is 39.0 Å². The van der Waals surface area contributed by atoms with Crippen molar-refractivity contribution in [3.63, 3.8) is 0 Å². The molecule has 7 nitrogen and oxygen atoms in total. The average Bonchev–Trinajstić information content (AvgIpc) is 3.37. The van der Waals surface area contributed by atoms with Gasteiger partial charge in [0.15, 0.2) is 11.5 Å². The molecule has 0 unspecified atom stereocenters. The predicted octanol–water partition coefficient (Wildman–Crippen LogP) is 4.86. The Balaban J connectivity index is 1.08. The Morgan fingerprint density at radius 3 is 2.41 bits per heavy atom. The molecule has 1 aliphatic rings. The Labute approximate surface area is 221 Å². The number of carbonyl (C=O) groups excluding carboxylic acids is 1. The fourth-order valence-corrected chi connectivity index (χ4v) is 5.50. The van der Waals surface area contributed by atoms with Crippen LogP contribution >= 0.6 is 11.5 Å². The summed E-state index contributed by atoms with van der Waals surface area (Å²) in [5, 5.41) is 4.25. The minimum atomic E-state index is -0.0641. The van der Waals surface area contributed by atoms with Crippen LogP contribution in [0, 0.1) is 0 Å². The number of carbonyl (C=O) groups is 1. The lowest BCUT2D eigenvalue weighted by Gasteiger charge is -2.35. The van der Waals surface area contributed by atoms with Gasteiger partial charge >= 0.3 is 0 Å². The molecule has 1 amide bonds. The van der Waals surface area contributed by atoms with Crippen LogP contribution in [0.4, 0.5) is 11.5 Å². The van der Waals surface area contributed by atoms with Gasteiger partial charge in [0, 0.05) is 43.8 Å². The van der Waals surface area contributed by atoms with Crippen LogP contribution in [0.15, 0.2) is 66.7 Å². The number of anilines is 2. The van der Waals surface area contributed by atoms with Crippen LogP contribution < -0.4 is 19.7 Å². The maximum absolute atomic E-state index is 12.5. The first-order valence-electron chi connectivity index (χ1n) is 12.5. The first-order valence-corrected chi connectivity index (χ1v) is 13.3. The molecule has 0 spiro atoms. The normalized spacial score (nSPS) is 14.1. The van der Waals surface area contributed by atoms with Gasteiger partial charge in [0.05, 0.1) is 25.3 Å². The van der Waals surface area contributed by atoms with Crippen molar-refractivity contribution in [3.8, 4) is 11.5 Å². The number of nitrogens with zero attached hydrogens (tertiary/aromatic N) is 3. The zero-order valence-electron chi connectivity index (χ0n) is 21.3. The van der Waals surface area contributed by atoms with Gasteiger partial charge in [0.2, 0.25) is 5.91 Å². The molecule has 1 aliphatic heterocycles. The number of fused-ring (bicyclic) bond motifs is 1. The Morgan fingerprint density at radius 2 is 1.65 bits per heavy atom. The number of amides is 1. The molecule has 0 bridgehead atoms. The summed E-state index contributed by atoms with van der Waals surface area (Å²) in [6.07, 6.45) is 1.25. The van der Waals surface area contributed by atoms with Gasteiger partial charge < -0.3 is 19.7 Å². The lowest BCUT2D eigenvalue weighted by Crippen LogP contribution is -2.47. The van der Waals surface area contributed by atoms with Gasteiger partial charge in [-0.05, 0) is 65.5 Å². The Hall–Kier alpha value is -3.62. The highest BCUT2D eigenvalue weighted by Crippen LogP contribution is 2.30. The molecular weight excluding hydrogens is 484 g/mol. The second-order valence-corrected chi connectivity index (χ2v) is 10.00. The van der Waals surface area contributed by atoms with Crippen molar-refractivity contribution in [3.05, 3.63) is 77.9 Å². The maximum atomic E-state index is 12.5.